The minimum Gasteiger partial charge on any atom is -0.338 e. The van der Waals surface area contributed by atoms with Gasteiger partial charge in [0.05, 0.1) is 5.69 Å². The predicted octanol–water partition coefficient (Wildman–Crippen LogP) is 4.46. The van der Waals surface area contributed by atoms with Crippen LogP contribution in [0.15, 0.2) is 48.5 Å². The van der Waals surface area contributed by atoms with Gasteiger partial charge in [-0.25, -0.2) is 5.01 Å². The van der Waals surface area contributed by atoms with Gasteiger partial charge in [0.25, 0.3) is 0 Å². The highest BCUT2D eigenvalue weighted by Gasteiger charge is 2.42. The van der Waals surface area contributed by atoms with Crippen LogP contribution in [0.3, 0.4) is 0 Å². The number of hydrogen-bond acceptors (Lipinski definition) is 2. The van der Waals surface area contributed by atoms with Gasteiger partial charge in [0, 0.05) is 15.6 Å². The van der Waals surface area contributed by atoms with E-state index < -0.39 is 5.66 Å². The van der Waals surface area contributed by atoms with Crippen LogP contribution < -0.4 is 15.8 Å². The van der Waals surface area contributed by atoms with E-state index in [2.05, 4.69) is 17.7 Å². The fraction of sp³-hybridized carbons (Fsp3) is 0.188. The molecule has 0 bridgehead atoms. The van der Waals surface area contributed by atoms with Crippen molar-refractivity contribution in [3.63, 3.8) is 0 Å². The van der Waals surface area contributed by atoms with Crippen molar-refractivity contribution < 1.29 is 0 Å². The van der Waals surface area contributed by atoms with Gasteiger partial charge in [-0.15, -0.1) is 0 Å². The SMILES string of the molecule is CCC1(c2ccc(Cl)cc2Cl)NC(=S)N(c2ccccc2)N1. The van der Waals surface area contributed by atoms with Crippen molar-refractivity contribution in [2.75, 3.05) is 5.01 Å². The lowest BCUT2D eigenvalue weighted by molar-refractivity contribution is 0.337. The molecule has 22 heavy (non-hydrogen) atoms. The van der Waals surface area contributed by atoms with Gasteiger partial charge >= 0.3 is 0 Å². The van der Waals surface area contributed by atoms with Crippen molar-refractivity contribution in [2.24, 2.45) is 0 Å². The van der Waals surface area contributed by atoms with Crippen LogP contribution >= 0.6 is 35.4 Å². The maximum Gasteiger partial charge on any atom is 0.190 e. The lowest BCUT2D eigenvalue weighted by Crippen LogP contribution is -2.48. The Morgan fingerprint density at radius 2 is 1.86 bits per heavy atom. The van der Waals surface area contributed by atoms with Gasteiger partial charge in [-0.05, 0) is 42.9 Å². The van der Waals surface area contributed by atoms with Crippen LogP contribution in [0, 0.1) is 0 Å². The molecule has 1 unspecified atom stereocenters. The van der Waals surface area contributed by atoms with Gasteiger partial charge in [-0.1, -0.05) is 54.4 Å². The summed E-state index contributed by atoms with van der Waals surface area (Å²) in [6, 6.07) is 15.4. The quantitative estimate of drug-likeness (QED) is 0.798. The van der Waals surface area contributed by atoms with Crippen molar-refractivity contribution in [3.05, 3.63) is 64.1 Å². The number of para-hydroxylation sites is 1. The molecule has 3 nitrogen and oxygen atoms in total. The molecule has 0 aromatic heterocycles. The fourth-order valence-electron chi connectivity index (χ4n) is 2.59. The number of rotatable bonds is 3. The maximum absolute atomic E-state index is 6.39. The molecule has 114 valence electrons. The summed E-state index contributed by atoms with van der Waals surface area (Å²) in [4.78, 5) is 0. The second-order valence-electron chi connectivity index (χ2n) is 5.10. The van der Waals surface area contributed by atoms with Crippen molar-refractivity contribution in [3.8, 4) is 0 Å². The smallest absolute Gasteiger partial charge is 0.190 e. The first-order valence-electron chi connectivity index (χ1n) is 6.96. The van der Waals surface area contributed by atoms with E-state index >= 15 is 0 Å². The molecule has 1 aliphatic rings. The monoisotopic (exact) mass is 351 g/mol. The maximum atomic E-state index is 6.39. The van der Waals surface area contributed by atoms with Crippen LogP contribution in [0.4, 0.5) is 5.69 Å². The molecule has 2 aromatic carbocycles. The third-order valence-electron chi connectivity index (χ3n) is 3.76. The second kappa shape index (κ2) is 6.05. The molecule has 1 aliphatic heterocycles. The van der Waals surface area contributed by atoms with E-state index in [-0.39, 0.29) is 0 Å². The molecule has 0 amide bonds. The van der Waals surface area contributed by atoms with Gasteiger partial charge < -0.3 is 5.32 Å². The highest BCUT2D eigenvalue weighted by Crippen LogP contribution is 2.35. The zero-order valence-corrected chi connectivity index (χ0v) is 14.3. The summed E-state index contributed by atoms with van der Waals surface area (Å²) in [7, 11) is 0. The highest BCUT2D eigenvalue weighted by molar-refractivity contribution is 7.80. The van der Waals surface area contributed by atoms with Crippen molar-refractivity contribution in [1.82, 2.24) is 10.7 Å². The molecule has 1 heterocycles. The minimum atomic E-state index is -0.547. The molecule has 3 rings (SSSR count). The first-order valence-corrected chi connectivity index (χ1v) is 8.13. The Morgan fingerprint density at radius 3 is 2.50 bits per heavy atom. The first-order chi connectivity index (χ1) is 10.6. The van der Waals surface area contributed by atoms with Crippen molar-refractivity contribution >= 4 is 46.2 Å². The topological polar surface area (TPSA) is 27.3 Å². The molecule has 6 heteroatoms. The Kier molecular flexibility index (Phi) is 4.28. The van der Waals surface area contributed by atoms with Gasteiger partial charge in [0.2, 0.25) is 0 Å². The second-order valence-corrected chi connectivity index (χ2v) is 6.33. The molecule has 0 spiro atoms. The van der Waals surface area contributed by atoms with Crippen LogP contribution in [0.5, 0.6) is 0 Å². The van der Waals surface area contributed by atoms with Crippen molar-refractivity contribution in [2.45, 2.75) is 19.0 Å². The number of hydrogen-bond donors (Lipinski definition) is 2. The van der Waals surface area contributed by atoms with Crippen LogP contribution in [-0.4, -0.2) is 5.11 Å². The van der Waals surface area contributed by atoms with Crippen LogP contribution in [0.25, 0.3) is 0 Å². The predicted molar refractivity (Wildman–Crippen MR) is 96.2 cm³/mol. The molecule has 0 aliphatic carbocycles. The molecule has 1 saturated heterocycles. The summed E-state index contributed by atoms with van der Waals surface area (Å²) in [5.41, 5.74) is 4.79. The molecular weight excluding hydrogens is 337 g/mol. The minimum absolute atomic E-state index is 0.547. The zero-order chi connectivity index (χ0) is 15.7. The number of anilines is 1. The molecule has 0 saturated carbocycles. The Balaban J connectivity index is 2.00. The number of hydrazine groups is 1. The fourth-order valence-corrected chi connectivity index (χ4v) is 3.48. The normalized spacial score (nSPS) is 21.0. The van der Waals surface area contributed by atoms with E-state index in [1.54, 1.807) is 6.07 Å². The van der Waals surface area contributed by atoms with Crippen molar-refractivity contribution in [1.29, 1.82) is 0 Å². The van der Waals surface area contributed by atoms with Gasteiger partial charge in [0.1, 0.15) is 5.66 Å². The van der Waals surface area contributed by atoms with Gasteiger partial charge in [-0.2, -0.15) is 5.43 Å². The van der Waals surface area contributed by atoms with Crippen LogP contribution in [0.1, 0.15) is 18.9 Å². The summed E-state index contributed by atoms with van der Waals surface area (Å²) >= 11 is 17.9. The van der Waals surface area contributed by atoms with E-state index in [0.29, 0.717) is 15.2 Å². The average Bonchev–Trinajstić information content (AvgIpc) is 2.86. The number of halogens is 2. The molecule has 1 fully saturated rings. The zero-order valence-electron chi connectivity index (χ0n) is 11.9. The number of thiocarbonyl (C=S) groups is 1. The van der Waals surface area contributed by atoms with Gasteiger partial charge in [0.15, 0.2) is 5.11 Å². The summed E-state index contributed by atoms with van der Waals surface area (Å²) in [6.07, 6.45) is 0.762. The summed E-state index contributed by atoms with van der Waals surface area (Å²) < 4.78 is 0. The van der Waals surface area contributed by atoms with Gasteiger partial charge in [-0.3, -0.25) is 0 Å². The lowest BCUT2D eigenvalue weighted by Gasteiger charge is -2.30. The average molecular weight is 352 g/mol. The Bertz CT molecular complexity index is 708. The molecule has 2 aromatic rings. The first kappa shape index (κ1) is 15.6. The van der Waals surface area contributed by atoms with E-state index in [4.69, 9.17) is 35.4 Å². The summed E-state index contributed by atoms with van der Waals surface area (Å²) in [5.74, 6) is 0. The number of nitrogens with one attached hydrogen (secondary N) is 2. The number of benzene rings is 2. The third kappa shape index (κ3) is 2.68. The van der Waals surface area contributed by atoms with E-state index in [0.717, 1.165) is 17.7 Å². The van der Waals surface area contributed by atoms with Crippen LogP contribution in [-0.2, 0) is 5.66 Å². The Hall–Kier alpha value is -1.33. The Labute approximate surface area is 145 Å². The van der Waals surface area contributed by atoms with E-state index in [1.807, 2.05) is 47.5 Å². The third-order valence-corrected chi connectivity index (χ3v) is 4.59. The standard InChI is InChI=1S/C16H15Cl2N3S/c1-2-16(13-9-8-11(17)10-14(13)18)19-15(22)21(20-16)12-6-4-3-5-7-12/h3-10,20H,2H2,1H3,(H,19,22). The summed E-state index contributed by atoms with van der Waals surface area (Å²) in [5, 5.41) is 7.05. The highest BCUT2D eigenvalue weighted by atomic mass is 35.5. The number of nitrogens with zero attached hydrogens (tertiary/aromatic N) is 1. The summed E-state index contributed by atoms with van der Waals surface area (Å²) in [6.45, 7) is 2.07. The van der Waals surface area contributed by atoms with E-state index in [9.17, 15) is 0 Å². The largest absolute Gasteiger partial charge is 0.338 e. The van der Waals surface area contributed by atoms with Crippen LogP contribution in [0.2, 0.25) is 10.0 Å². The molecule has 2 N–H and O–H groups in total. The van der Waals surface area contributed by atoms with E-state index in [1.165, 1.54) is 0 Å². The Morgan fingerprint density at radius 1 is 1.14 bits per heavy atom. The molecule has 1 atom stereocenters. The molecule has 0 radical (unpaired) electrons. The lowest BCUT2D eigenvalue weighted by atomic mass is 9.97. The molecular formula is C16H15Cl2N3S.